The van der Waals surface area contributed by atoms with E-state index in [4.69, 9.17) is 16.3 Å². The molecule has 0 aliphatic heterocycles. The molecule has 7 heteroatoms. The van der Waals surface area contributed by atoms with E-state index in [1.54, 1.807) is 33.8 Å². The Hall–Kier alpha value is -2.02. The molecule has 0 aliphatic rings. The molecule has 0 spiro atoms. The van der Waals surface area contributed by atoms with E-state index in [9.17, 15) is 14.3 Å². The third kappa shape index (κ3) is 5.53. The highest BCUT2D eigenvalue weighted by atomic mass is 35.5. The largest absolute Gasteiger partial charge is 0.479 e. The van der Waals surface area contributed by atoms with Gasteiger partial charge in [-0.05, 0) is 64.8 Å². The van der Waals surface area contributed by atoms with Crippen LogP contribution < -0.4 is 0 Å². The van der Waals surface area contributed by atoms with E-state index in [-0.39, 0.29) is 5.03 Å². The van der Waals surface area contributed by atoms with Gasteiger partial charge in [0.1, 0.15) is 11.2 Å². The van der Waals surface area contributed by atoms with E-state index in [0.717, 1.165) is 15.1 Å². The van der Waals surface area contributed by atoms with Crippen molar-refractivity contribution in [2.24, 2.45) is 0 Å². The maximum absolute atomic E-state index is 12.7. The van der Waals surface area contributed by atoms with E-state index in [2.05, 4.69) is 4.98 Å². The van der Waals surface area contributed by atoms with Crippen LogP contribution in [0.15, 0.2) is 35.7 Å². The summed E-state index contributed by atoms with van der Waals surface area (Å²) in [5.41, 5.74) is 1.78. The Labute approximate surface area is 179 Å². The molecule has 2 rings (SSSR count). The number of halogens is 2. The fraction of sp³-hybridized carbons (Fsp3) is 0.364. The number of allylic oxidation sites excluding steroid dienone is 5. The van der Waals surface area contributed by atoms with Gasteiger partial charge in [-0.3, -0.25) is 0 Å². The van der Waals surface area contributed by atoms with Gasteiger partial charge >= 0.3 is 5.97 Å². The molecule has 0 unspecified atom stereocenters. The van der Waals surface area contributed by atoms with E-state index in [1.165, 1.54) is 17.4 Å². The second-order valence-electron chi connectivity index (χ2n) is 7.58. The Morgan fingerprint density at radius 1 is 1.34 bits per heavy atom. The zero-order valence-electron chi connectivity index (χ0n) is 17.3. The molecule has 0 radical (unpaired) electrons. The predicted molar refractivity (Wildman–Crippen MR) is 118 cm³/mol. The lowest BCUT2D eigenvalue weighted by molar-refractivity contribution is -0.160. The Bertz CT molecular complexity index is 1020. The molecule has 0 bridgehead atoms. The van der Waals surface area contributed by atoms with Crippen LogP contribution in [-0.4, -0.2) is 21.7 Å². The lowest BCUT2D eigenvalue weighted by Crippen LogP contribution is -2.28. The number of ether oxygens (including phenoxy) is 1. The highest BCUT2D eigenvalue weighted by Crippen LogP contribution is 2.39. The minimum Gasteiger partial charge on any atom is -0.479 e. The molecule has 0 saturated heterocycles. The number of hydrogen-bond acceptors (Lipinski definition) is 4. The van der Waals surface area contributed by atoms with Gasteiger partial charge in [0, 0.05) is 21.5 Å². The minimum absolute atomic E-state index is 0.0600. The van der Waals surface area contributed by atoms with E-state index in [1.807, 2.05) is 26.0 Å². The normalized spacial score (nSPS) is 14.8. The maximum atomic E-state index is 12.7. The van der Waals surface area contributed by atoms with Gasteiger partial charge in [-0.1, -0.05) is 23.8 Å². The molecule has 0 fully saturated rings. The number of carboxylic acid groups (broad SMARTS) is 1. The summed E-state index contributed by atoms with van der Waals surface area (Å²) in [6.45, 7) is 11.0. The zero-order chi connectivity index (χ0) is 21.9. The van der Waals surface area contributed by atoms with Crippen molar-refractivity contribution in [2.75, 3.05) is 0 Å². The number of nitrogens with zero attached hydrogens (tertiary/aromatic N) is 1. The first-order valence-corrected chi connectivity index (χ1v) is 10.3. The summed E-state index contributed by atoms with van der Waals surface area (Å²) in [5.74, 6) is -1.10. The molecule has 4 nitrogen and oxygen atoms in total. The van der Waals surface area contributed by atoms with Crippen LogP contribution in [0.1, 0.15) is 55.5 Å². The molecule has 0 saturated carbocycles. The number of rotatable bonds is 6. The Morgan fingerprint density at radius 3 is 2.52 bits per heavy atom. The number of carboxylic acids is 1. The summed E-state index contributed by atoms with van der Waals surface area (Å²) in [6.07, 6.45) is 4.02. The molecule has 2 heterocycles. The van der Waals surface area contributed by atoms with Gasteiger partial charge in [0.2, 0.25) is 0 Å². The quantitative estimate of drug-likeness (QED) is 0.501. The summed E-state index contributed by atoms with van der Waals surface area (Å²) >= 11 is 7.32. The summed E-state index contributed by atoms with van der Waals surface area (Å²) in [6, 6.07) is 1.98. The number of hydrogen-bond donors (Lipinski definition) is 1. The molecule has 2 aromatic rings. The highest BCUT2D eigenvalue weighted by Gasteiger charge is 2.32. The molecule has 156 valence electrons. The van der Waals surface area contributed by atoms with Crippen LogP contribution >= 0.6 is 22.9 Å². The Kier molecular flexibility index (Phi) is 7.38. The first-order valence-electron chi connectivity index (χ1n) is 9.10. The lowest BCUT2D eigenvalue weighted by Gasteiger charge is -2.28. The first-order chi connectivity index (χ1) is 13.5. The minimum atomic E-state index is -1.21. The SMILES string of the molecule is C/C=C(/C=C\C(Cl)=C\F)c1c([C@H](OC(C)(C)C)C(=O)O)c(C)nc2sc(C)cc12. The fourth-order valence-corrected chi connectivity index (χ4v) is 4.05. The molecule has 1 atom stereocenters. The van der Waals surface area contributed by atoms with Crippen molar-refractivity contribution in [3.63, 3.8) is 0 Å². The van der Waals surface area contributed by atoms with Crippen LogP contribution in [0.2, 0.25) is 0 Å². The van der Waals surface area contributed by atoms with Crippen LogP contribution in [0.25, 0.3) is 15.8 Å². The van der Waals surface area contributed by atoms with Crippen LogP contribution in [0, 0.1) is 13.8 Å². The molecule has 0 aliphatic carbocycles. The van der Waals surface area contributed by atoms with E-state index >= 15 is 0 Å². The maximum Gasteiger partial charge on any atom is 0.337 e. The molecule has 0 aromatic carbocycles. The molecule has 1 N–H and O–H groups in total. The van der Waals surface area contributed by atoms with Gasteiger partial charge in [0.15, 0.2) is 6.10 Å². The van der Waals surface area contributed by atoms with Crippen molar-refractivity contribution in [2.45, 2.75) is 53.2 Å². The topological polar surface area (TPSA) is 59.4 Å². The van der Waals surface area contributed by atoms with Gasteiger partial charge in [0.05, 0.1) is 10.6 Å². The number of fused-ring (bicyclic) bond motifs is 1. The summed E-state index contributed by atoms with van der Waals surface area (Å²) < 4.78 is 18.6. The monoisotopic (exact) mass is 437 g/mol. The van der Waals surface area contributed by atoms with Crippen molar-refractivity contribution < 1.29 is 19.0 Å². The third-order valence-corrected chi connectivity index (χ3v) is 5.27. The number of carbonyl (C=O) groups is 1. The van der Waals surface area contributed by atoms with Crippen molar-refractivity contribution >= 4 is 44.7 Å². The van der Waals surface area contributed by atoms with Crippen molar-refractivity contribution in [3.8, 4) is 0 Å². The van der Waals surface area contributed by atoms with Gasteiger partial charge in [-0.15, -0.1) is 11.3 Å². The van der Waals surface area contributed by atoms with Crippen molar-refractivity contribution in [1.29, 1.82) is 0 Å². The average molecular weight is 438 g/mol. The van der Waals surface area contributed by atoms with Gasteiger partial charge < -0.3 is 9.84 Å². The zero-order valence-corrected chi connectivity index (χ0v) is 18.9. The third-order valence-electron chi connectivity index (χ3n) is 4.12. The highest BCUT2D eigenvalue weighted by molar-refractivity contribution is 7.18. The smallest absolute Gasteiger partial charge is 0.337 e. The molecule has 29 heavy (non-hydrogen) atoms. The van der Waals surface area contributed by atoms with Crippen molar-refractivity contribution in [1.82, 2.24) is 4.98 Å². The Balaban J connectivity index is 2.87. The molecular formula is C22H25ClFNO3S. The number of aliphatic carboxylic acids is 1. The summed E-state index contributed by atoms with van der Waals surface area (Å²) in [4.78, 5) is 18.7. The van der Waals surface area contributed by atoms with Crippen LogP contribution in [0.5, 0.6) is 0 Å². The first kappa shape index (κ1) is 23.3. The standard InChI is InChI=1S/C22H25ClFNO3S/c1-7-14(8-9-15(23)11-24)18-16-10-12(2)29-20(16)25-13(3)17(18)19(21(26)27)28-22(4,5)6/h7-11,19H,1-6H3,(H,26,27)/b9-8-,14-7-,15-11-/t19-/m0/s1. The van der Waals surface area contributed by atoms with Gasteiger partial charge in [-0.25, -0.2) is 14.2 Å². The summed E-state index contributed by atoms with van der Waals surface area (Å²) in [5, 5.41) is 10.7. The van der Waals surface area contributed by atoms with Crippen LogP contribution in [-0.2, 0) is 9.53 Å². The van der Waals surface area contributed by atoms with Gasteiger partial charge in [-0.2, -0.15) is 0 Å². The number of aromatic nitrogens is 1. The average Bonchev–Trinajstić information content (AvgIpc) is 2.98. The number of pyridine rings is 1. The van der Waals surface area contributed by atoms with Crippen LogP contribution in [0.4, 0.5) is 4.39 Å². The second-order valence-corrected chi connectivity index (χ2v) is 9.25. The summed E-state index contributed by atoms with van der Waals surface area (Å²) in [7, 11) is 0. The molecule has 2 aromatic heterocycles. The van der Waals surface area contributed by atoms with E-state index in [0.29, 0.717) is 28.7 Å². The molecular weight excluding hydrogens is 413 g/mol. The van der Waals surface area contributed by atoms with Crippen molar-refractivity contribution in [3.05, 3.63) is 57.4 Å². The van der Waals surface area contributed by atoms with Gasteiger partial charge in [0.25, 0.3) is 0 Å². The Morgan fingerprint density at radius 2 is 2.00 bits per heavy atom. The second kappa shape index (κ2) is 9.20. The lowest BCUT2D eigenvalue weighted by atomic mass is 9.91. The van der Waals surface area contributed by atoms with Crippen LogP contribution in [0.3, 0.4) is 0 Å². The number of aryl methyl sites for hydroxylation is 2. The fourth-order valence-electron chi connectivity index (χ4n) is 3.05. The van der Waals surface area contributed by atoms with E-state index < -0.39 is 17.7 Å². The molecule has 0 amide bonds. The number of thiophene rings is 1. The predicted octanol–water partition coefficient (Wildman–Crippen LogP) is 6.86.